The van der Waals surface area contributed by atoms with Crippen molar-refractivity contribution < 1.29 is 18.0 Å². The Labute approximate surface area is 139 Å². The van der Waals surface area contributed by atoms with Gasteiger partial charge in [0.25, 0.3) is 5.91 Å². The van der Waals surface area contributed by atoms with E-state index in [0.717, 1.165) is 0 Å². The fourth-order valence-corrected chi connectivity index (χ4v) is 2.08. The van der Waals surface area contributed by atoms with Crippen molar-refractivity contribution >= 4 is 11.6 Å². The second-order valence-corrected chi connectivity index (χ2v) is 5.07. The number of amides is 1. The van der Waals surface area contributed by atoms with Crippen molar-refractivity contribution in [1.29, 1.82) is 0 Å². The first kappa shape index (κ1) is 16.6. The summed E-state index contributed by atoms with van der Waals surface area (Å²) in [6.45, 7) is 1.73. The molecule has 0 saturated heterocycles. The largest absolute Gasteiger partial charge is 0.435 e. The molecule has 1 amide bonds. The summed E-state index contributed by atoms with van der Waals surface area (Å²) in [6.07, 6.45) is -2.65. The van der Waals surface area contributed by atoms with Gasteiger partial charge >= 0.3 is 6.18 Å². The number of aromatic nitrogens is 5. The van der Waals surface area contributed by atoms with Crippen molar-refractivity contribution in [1.82, 2.24) is 25.0 Å². The molecular formula is C15H11F3N6O. The van der Waals surface area contributed by atoms with Gasteiger partial charge in [-0.2, -0.15) is 13.2 Å². The summed E-state index contributed by atoms with van der Waals surface area (Å²) < 4.78 is 39.3. The van der Waals surface area contributed by atoms with Crippen molar-refractivity contribution in [3.05, 3.63) is 59.9 Å². The quantitative estimate of drug-likeness (QED) is 0.786. The number of aryl methyl sites for hydroxylation is 1. The maximum Gasteiger partial charge on any atom is 0.435 e. The topological polar surface area (TPSA) is 85.6 Å². The average Bonchev–Trinajstić information content (AvgIpc) is 3.05. The molecule has 0 aliphatic rings. The van der Waals surface area contributed by atoms with Gasteiger partial charge in [0.1, 0.15) is 12.0 Å². The van der Waals surface area contributed by atoms with E-state index in [1.54, 1.807) is 6.92 Å². The number of carbonyl (C=O) groups excluding carboxylic acids is 1. The fraction of sp³-hybridized carbons (Fsp3) is 0.133. The van der Waals surface area contributed by atoms with Crippen LogP contribution in [0.2, 0.25) is 0 Å². The molecule has 0 bridgehead atoms. The number of anilines is 1. The van der Waals surface area contributed by atoms with E-state index in [9.17, 15) is 18.0 Å². The number of hydrogen-bond acceptors (Lipinski definition) is 5. The summed E-state index contributed by atoms with van der Waals surface area (Å²) in [5, 5.41) is 9.34. The monoisotopic (exact) mass is 348 g/mol. The maximum absolute atomic E-state index is 12.9. The van der Waals surface area contributed by atoms with Gasteiger partial charge in [-0.3, -0.25) is 4.79 Å². The Morgan fingerprint density at radius 1 is 1.16 bits per heavy atom. The minimum Gasteiger partial charge on any atom is -0.321 e. The molecule has 3 aromatic rings. The smallest absolute Gasteiger partial charge is 0.321 e. The molecule has 3 rings (SSSR count). The van der Waals surface area contributed by atoms with Crippen LogP contribution >= 0.6 is 0 Å². The van der Waals surface area contributed by atoms with E-state index in [1.165, 1.54) is 36.7 Å². The minimum atomic E-state index is -4.57. The highest BCUT2D eigenvalue weighted by Crippen LogP contribution is 2.30. The van der Waals surface area contributed by atoms with Crippen LogP contribution in [0.15, 0.2) is 42.9 Å². The molecular weight excluding hydrogens is 337 g/mol. The number of hydrogen-bond donors (Lipinski definition) is 1. The molecule has 1 N–H and O–H groups in total. The van der Waals surface area contributed by atoms with Gasteiger partial charge in [0, 0.05) is 11.4 Å². The third-order valence-electron chi connectivity index (χ3n) is 3.25. The first-order chi connectivity index (χ1) is 11.8. The number of alkyl halides is 3. The molecule has 128 valence electrons. The van der Waals surface area contributed by atoms with Crippen molar-refractivity contribution in [2.75, 3.05) is 5.32 Å². The van der Waals surface area contributed by atoms with Gasteiger partial charge in [-0.25, -0.2) is 14.6 Å². The van der Waals surface area contributed by atoms with Crippen molar-refractivity contribution in [3.63, 3.8) is 0 Å². The van der Waals surface area contributed by atoms with E-state index >= 15 is 0 Å². The number of nitrogens with one attached hydrogen (secondary N) is 1. The summed E-state index contributed by atoms with van der Waals surface area (Å²) in [5.41, 5.74) is 0.411. The lowest BCUT2D eigenvalue weighted by atomic mass is 10.2. The Morgan fingerprint density at radius 3 is 2.52 bits per heavy atom. The van der Waals surface area contributed by atoms with Gasteiger partial charge in [0.15, 0.2) is 5.69 Å². The number of benzene rings is 1. The van der Waals surface area contributed by atoms with Gasteiger partial charge in [-0.15, -0.1) is 5.10 Å². The molecule has 2 aromatic heterocycles. The number of halogens is 3. The van der Waals surface area contributed by atoms with Crippen LogP contribution in [0.1, 0.15) is 21.9 Å². The van der Waals surface area contributed by atoms with Crippen LogP contribution in [-0.2, 0) is 6.18 Å². The van der Waals surface area contributed by atoms with Gasteiger partial charge in [0.05, 0.1) is 11.9 Å². The molecule has 0 aliphatic heterocycles. The molecule has 0 saturated carbocycles. The number of rotatable bonds is 3. The normalized spacial score (nSPS) is 11.4. The lowest BCUT2D eigenvalue weighted by Crippen LogP contribution is -2.15. The van der Waals surface area contributed by atoms with Crippen LogP contribution in [-0.4, -0.2) is 30.9 Å². The summed E-state index contributed by atoms with van der Waals surface area (Å²) in [6, 6.07) is 7.23. The summed E-state index contributed by atoms with van der Waals surface area (Å²) in [7, 11) is 0. The summed E-state index contributed by atoms with van der Waals surface area (Å²) in [4.78, 5) is 19.8. The highest BCUT2D eigenvalue weighted by Gasteiger charge is 2.36. The minimum absolute atomic E-state index is 0.167. The molecule has 0 radical (unpaired) electrons. The van der Waals surface area contributed by atoms with Crippen molar-refractivity contribution in [2.45, 2.75) is 13.1 Å². The predicted molar refractivity (Wildman–Crippen MR) is 81.1 cm³/mol. The maximum atomic E-state index is 12.9. The molecule has 0 fully saturated rings. The Morgan fingerprint density at radius 2 is 1.88 bits per heavy atom. The highest BCUT2D eigenvalue weighted by molar-refractivity contribution is 6.02. The zero-order chi connectivity index (χ0) is 18.0. The Balaban J connectivity index is 1.79. The Hall–Kier alpha value is -3.30. The number of nitrogens with zero attached hydrogens (tertiary/aromatic N) is 5. The molecule has 0 spiro atoms. The summed E-state index contributed by atoms with van der Waals surface area (Å²) in [5.74, 6) is -0.449. The van der Waals surface area contributed by atoms with Gasteiger partial charge in [-0.05, 0) is 37.3 Å². The highest BCUT2D eigenvalue weighted by atomic mass is 19.4. The van der Waals surface area contributed by atoms with Crippen LogP contribution in [0.4, 0.5) is 18.9 Å². The van der Waals surface area contributed by atoms with Crippen LogP contribution in [0.3, 0.4) is 0 Å². The van der Waals surface area contributed by atoms with E-state index in [2.05, 4.69) is 25.6 Å². The molecule has 1 aromatic carbocycles. The second-order valence-electron chi connectivity index (χ2n) is 5.07. The van der Waals surface area contributed by atoms with E-state index in [0.29, 0.717) is 22.3 Å². The van der Waals surface area contributed by atoms with Crippen LogP contribution in [0.25, 0.3) is 5.69 Å². The van der Waals surface area contributed by atoms with E-state index in [-0.39, 0.29) is 11.4 Å². The molecule has 7 nitrogen and oxygen atoms in total. The first-order valence-electron chi connectivity index (χ1n) is 7.03. The van der Waals surface area contributed by atoms with Crippen molar-refractivity contribution in [3.8, 4) is 5.69 Å². The van der Waals surface area contributed by atoms with Crippen LogP contribution in [0.5, 0.6) is 0 Å². The van der Waals surface area contributed by atoms with E-state index in [4.69, 9.17) is 0 Å². The third kappa shape index (κ3) is 3.62. The van der Waals surface area contributed by atoms with E-state index < -0.39 is 17.8 Å². The Bertz CT molecular complexity index is 904. The van der Waals surface area contributed by atoms with Gasteiger partial charge in [-0.1, -0.05) is 5.21 Å². The lowest BCUT2D eigenvalue weighted by molar-refractivity contribution is -0.142. The Kier molecular flexibility index (Phi) is 4.17. The fourth-order valence-electron chi connectivity index (χ4n) is 2.08. The third-order valence-corrected chi connectivity index (χ3v) is 3.25. The van der Waals surface area contributed by atoms with Crippen LogP contribution in [0, 0.1) is 6.92 Å². The molecule has 2 heterocycles. The molecule has 0 atom stereocenters. The zero-order valence-electron chi connectivity index (χ0n) is 12.8. The zero-order valence-corrected chi connectivity index (χ0v) is 12.8. The number of carbonyl (C=O) groups is 1. The predicted octanol–water partition coefficient (Wildman–Crippen LogP) is 2.64. The van der Waals surface area contributed by atoms with E-state index in [1.807, 2.05) is 0 Å². The molecule has 10 heteroatoms. The average molecular weight is 348 g/mol. The molecule has 25 heavy (non-hydrogen) atoms. The molecule has 0 unspecified atom stereocenters. The lowest BCUT2D eigenvalue weighted by Gasteiger charge is -2.10. The van der Waals surface area contributed by atoms with Gasteiger partial charge < -0.3 is 5.32 Å². The second kappa shape index (κ2) is 6.30. The standard InChI is InChI=1S/C15H11F3N6O/c1-9-6-12(20-8-19-9)14(25)22-10-2-4-11(5-3-10)24-13(7-21-23-24)15(16,17)18/h2-8H,1H3,(H,22,25). The molecule has 0 aliphatic carbocycles. The van der Waals surface area contributed by atoms with Gasteiger partial charge in [0.2, 0.25) is 0 Å². The summed E-state index contributed by atoms with van der Waals surface area (Å²) >= 11 is 0. The first-order valence-corrected chi connectivity index (χ1v) is 7.03. The SMILES string of the molecule is Cc1cc(C(=O)Nc2ccc(-n3nncc3C(F)(F)F)cc2)ncn1. The van der Waals surface area contributed by atoms with Crippen molar-refractivity contribution in [2.24, 2.45) is 0 Å². The van der Waals surface area contributed by atoms with Crippen LogP contribution < -0.4 is 5.32 Å².